The van der Waals surface area contributed by atoms with Crippen LogP contribution in [0, 0.1) is 0 Å². The van der Waals surface area contributed by atoms with Crippen molar-refractivity contribution in [1.82, 2.24) is 0 Å². The normalized spacial score (nSPS) is 10.2. The van der Waals surface area contributed by atoms with Crippen LogP contribution >= 0.6 is 0 Å². The third kappa shape index (κ3) is 4.01. The number of hydrogen-bond acceptors (Lipinski definition) is 6. The number of carbonyl (C=O) groups is 2. The number of carbonyl (C=O) groups excluding carboxylic acids is 2. The number of hydrogen-bond donors (Lipinski definition) is 0. The molecule has 0 unspecified atom stereocenters. The van der Waals surface area contributed by atoms with E-state index in [9.17, 15) is 14.4 Å². The van der Waals surface area contributed by atoms with Crippen LogP contribution in [0.15, 0.2) is 83.1 Å². The first-order valence-corrected chi connectivity index (χ1v) is 7.87. The number of ether oxygens (including phenoxy) is 2. The van der Waals surface area contributed by atoms with E-state index in [2.05, 4.69) is 13.2 Å². The molecule has 0 saturated carbocycles. The second-order valence-corrected chi connectivity index (χ2v) is 5.41. The lowest BCUT2D eigenvalue weighted by atomic mass is 10.1. The summed E-state index contributed by atoms with van der Waals surface area (Å²) < 4.78 is 15.8. The summed E-state index contributed by atoms with van der Waals surface area (Å²) in [6.07, 6.45) is 2.10. The van der Waals surface area contributed by atoms with E-state index in [1.54, 1.807) is 30.3 Å². The van der Waals surface area contributed by atoms with Gasteiger partial charge in [-0.25, -0.2) is 9.59 Å². The van der Waals surface area contributed by atoms with Crippen molar-refractivity contribution in [1.29, 1.82) is 0 Å². The zero-order chi connectivity index (χ0) is 19.4. The standard InChI is InChI=1S/C21H14O6/c1-3-20(23)25-14-7-5-13(6-8-14)19-12-17(22)16-11-15(26-21(24)4-2)9-10-18(16)27-19/h3-12H,1-2H2. The van der Waals surface area contributed by atoms with Crippen LogP contribution in [0.1, 0.15) is 0 Å². The Morgan fingerprint density at radius 2 is 1.44 bits per heavy atom. The highest BCUT2D eigenvalue weighted by Gasteiger charge is 2.10. The van der Waals surface area contributed by atoms with Crippen molar-refractivity contribution in [3.63, 3.8) is 0 Å². The van der Waals surface area contributed by atoms with Gasteiger partial charge in [0, 0.05) is 23.8 Å². The van der Waals surface area contributed by atoms with Crippen molar-refractivity contribution >= 4 is 22.9 Å². The lowest BCUT2D eigenvalue weighted by Gasteiger charge is -2.06. The van der Waals surface area contributed by atoms with Gasteiger partial charge in [0.2, 0.25) is 0 Å². The first kappa shape index (κ1) is 17.9. The molecular weight excluding hydrogens is 348 g/mol. The SMILES string of the molecule is C=CC(=O)Oc1ccc(-c2cc(=O)c3cc(OC(=O)C=C)ccc3o2)cc1. The summed E-state index contributed by atoms with van der Waals surface area (Å²) in [5.41, 5.74) is 0.692. The van der Waals surface area contributed by atoms with E-state index in [1.807, 2.05) is 0 Å². The molecule has 0 aliphatic carbocycles. The average Bonchev–Trinajstić information content (AvgIpc) is 2.68. The number of rotatable bonds is 5. The van der Waals surface area contributed by atoms with Crippen molar-refractivity contribution in [3.05, 3.63) is 84.1 Å². The fraction of sp³-hybridized carbons (Fsp3) is 0. The maximum Gasteiger partial charge on any atom is 0.335 e. The molecular formula is C21H14O6. The molecule has 27 heavy (non-hydrogen) atoms. The predicted octanol–water partition coefficient (Wildman–Crippen LogP) is 3.64. The molecule has 0 amide bonds. The van der Waals surface area contributed by atoms with Gasteiger partial charge < -0.3 is 13.9 Å². The molecule has 0 aliphatic heterocycles. The van der Waals surface area contributed by atoms with Crippen molar-refractivity contribution in [2.24, 2.45) is 0 Å². The second kappa shape index (κ2) is 7.53. The molecule has 6 heteroatoms. The number of benzene rings is 2. The Labute approximate surface area is 153 Å². The molecule has 3 aromatic rings. The zero-order valence-corrected chi connectivity index (χ0v) is 14.1. The summed E-state index contributed by atoms with van der Waals surface area (Å²) in [6.45, 7) is 6.65. The van der Waals surface area contributed by atoms with E-state index in [4.69, 9.17) is 13.9 Å². The topological polar surface area (TPSA) is 82.8 Å². The summed E-state index contributed by atoms with van der Waals surface area (Å²) in [5, 5.41) is 0.282. The fourth-order valence-electron chi connectivity index (χ4n) is 2.34. The molecule has 0 fully saturated rings. The molecule has 134 valence electrons. The quantitative estimate of drug-likeness (QED) is 0.391. The Hall–Kier alpha value is -3.93. The van der Waals surface area contributed by atoms with E-state index in [1.165, 1.54) is 18.2 Å². The van der Waals surface area contributed by atoms with Gasteiger partial charge in [-0.3, -0.25) is 4.79 Å². The van der Waals surface area contributed by atoms with Gasteiger partial charge in [0.1, 0.15) is 22.8 Å². The van der Waals surface area contributed by atoms with Gasteiger partial charge in [0.05, 0.1) is 5.39 Å². The molecule has 3 rings (SSSR count). The second-order valence-electron chi connectivity index (χ2n) is 5.41. The van der Waals surface area contributed by atoms with Gasteiger partial charge in [-0.1, -0.05) is 13.2 Å². The molecule has 0 N–H and O–H groups in total. The summed E-state index contributed by atoms with van der Waals surface area (Å²) in [4.78, 5) is 34.9. The van der Waals surface area contributed by atoms with Gasteiger partial charge >= 0.3 is 11.9 Å². The van der Waals surface area contributed by atoms with Crippen LogP contribution in [0.3, 0.4) is 0 Å². The number of fused-ring (bicyclic) bond motifs is 1. The minimum absolute atomic E-state index is 0.223. The van der Waals surface area contributed by atoms with Crippen LogP contribution in [-0.4, -0.2) is 11.9 Å². The molecule has 0 saturated heterocycles. The van der Waals surface area contributed by atoms with Gasteiger partial charge in [-0.15, -0.1) is 0 Å². The Balaban J connectivity index is 1.94. The molecule has 0 aliphatic rings. The van der Waals surface area contributed by atoms with Gasteiger partial charge in [-0.2, -0.15) is 0 Å². The van der Waals surface area contributed by atoms with Gasteiger partial charge in [-0.05, 0) is 42.5 Å². The largest absolute Gasteiger partial charge is 0.456 e. The van der Waals surface area contributed by atoms with Crippen LogP contribution in [0.25, 0.3) is 22.3 Å². The van der Waals surface area contributed by atoms with Crippen LogP contribution in [0.4, 0.5) is 0 Å². The lowest BCUT2D eigenvalue weighted by molar-refractivity contribution is -0.129. The Morgan fingerprint density at radius 3 is 2.07 bits per heavy atom. The van der Waals surface area contributed by atoms with Gasteiger partial charge in [0.25, 0.3) is 0 Å². The summed E-state index contributed by atoms with van der Waals surface area (Å²) in [5.74, 6) is -0.258. The third-order valence-corrected chi connectivity index (χ3v) is 3.61. The maximum atomic E-state index is 12.4. The molecule has 0 atom stereocenters. The molecule has 0 spiro atoms. The van der Waals surface area contributed by atoms with E-state index < -0.39 is 11.9 Å². The Kier molecular flexibility index (Phi) is 4.99. The lowest BCUT2D eigenvalue weighted by Crippen LogP contribution is -2.05. The van der Waals surface area contributed by atoms with E-state index >= 15 is 0 Å². The molecule has 1 heterocycles. The Bertz CT molecular complexity index is 1110. The molecule has 0 radical (unpaired) electrons. The highest BCUT2D eigenvalue weighted by atomic mass is 16.5. The molecule has 2 aromatic carbocycles. The molecule has 1 aromatic heterocycles. The summed E-state index contributed by atoms with van der Waals surface area (Å²) in [6, 6.07) is 12.3. The average molecular weight is 362 g/mol. The van der Waals surface area contributed by atoms with Crippen LogP contribution < -0.4 is 14.9 Å². The van der Waals surface area contributed by atoms with Gasteiger partial charge in [0.15, 0.2) is 5.43 Å². The minimum Gasteiger partial charge on any atom is -0.456 e. The monoisotopic (exact) mass is 362 g/mol. The summed E-state index contributed by atoms with van der Waals surface area (Å²) in [7, 11) is 0. The minimum atomic E-state index is -0.618. The summed E-state index contributed by atoms with van der Waals surface area (Å²) >= 11 is 0. The Morgan fingerprint density at radius 1 is 0.852 bits per heavy atom. The first-order valence-electron chi connectivity index (χ1n) is 7.87. The third-order valence-electron chi connectivity index (χ3n) is 3.61. The smallest absolute Gasteiger partial charge is 0.335 e. The van der Waals surface area contributed by atoms with Crippen LogP contribution in [0.5, 0.6) is 11.5 Å². The van der Waals surface area contributed by atoms with Crippen LogP contribution in [0.2, 0.25) is 0 Å². The van der Waals surface area contributed by atoms with Crippen molar-refractivity contribution in [2.45, 2.75) is 0 Å². The maximum absolute atomic E-state index is 12.4. The highest BCUT2D eigenvalue weighted by molar-refractivity contribution is 5.86. The number of esters is 2. The molecule has 0 bridgehead atoms. The van der Waals surface area contributed by atoms with E-state index in [0.717, 1.165) is 12.2 Å². The highest BCUT2D eigenvalue weighted by Crippen LogP contribution is 2.26. The van der Waals surface area contributed by atoms with Crippen LogP contribution in [-0.2, 0) is 9.59 Å². The van der Waals surface area contributed by atoms with E-state index in [0.29, 0.717) is 22.7 Å². The zero-order valence-electron chi connectivity index (χ0n) is 14.1. The van der Waals surface area contributed by atoms with Crippen molar-refractivity contribution in [3.8, 4) is 22.8 Å². The first-order chi connectivity index (χ1) is 13.0. The fourth-order valence-corrected chi connectivity index (χ4v) is 2.34. The molecule has 6 nitrogen and oxygen atoms in total. The van der Waals surface area contributed by atoms with Crippen molar-refractivity contribution < 1.29 is 23.5 Å². The van der Waals surface area contributed by atoms with E-state index in [-0.39, 0.29) is 16.6 Å². The predicted molar refractivity (Wildman–Crippen MR) is 99.6 cm³/mol. The van der Waals surface area contributed by atoms with Crippen molar-refractivity contribution in [2.75, 3.05) is 0 Å².